The average molecular weight is 294 g/mol. The van der Waals surface area contributed by atoms with Crippen LogP contribution in [0.5, 0.6) is 0 Å². The number of hydrogen-bond donors (Lipinski definition) is 0. The lowest BCUT2D eigenvalue weighted by molar-refractivity contribution is -0.146. The first-order valence-electron chi connectivity index (χ1n) is 5.40. The molecule has 0 fully saturated rings. The number of nitrogens with zero attached hydrogens (tertiary/aromatic N) is 1. The summed E-state index contributed by atoms with van der Waals surface area (Å²) < 4.78 is 4.61. The van der Waals surface area contributed by atoms with Gasteiger partial charge in [0, 0.05) is 25.3 Å². The van der Waals surface area contributed by atoms with Crippen LogP contribution in [0.1, 0.15) is 26.2 Å². The number of ether oxygens (including phenoxy) is 1. The van der Waals surface area contributed by atoms with Crippen LogP contribution < -0.4 is 0 Å². The first kappa shape index (κ1) is 15.4. The van der Waals surface area contributed by atoms with Crippen molar-refractivity contribution in [2.45, 2.75) is 26.2 Å². The van der Waals surface area contributed by atoms with E-state index >= 15 is 0 Å². The number of unbranched alkanes of at least 4 members (excludes halogenated alkanes) is 1. The van der Waals surface area contributed by atoms with Crippen LogP contribution in [0.3, 0.4) is 0 Å². The zero-order valence-electron chi connectivity index (χ0n) is 10.2. The van der Waals surface area contributed by atoms with Gasteiger partial charge in [-0.3, -0.25) is 9.59 Å². The molecular weight excluding hydrogens is 274 g/mol. The normalized spacial score (nSPS) is 12.0. The molecule has 0 aliphatic rings. The molecule has 1 amide bonds. The third kappa shape index (κ3) is 6.10. The number of rotatable bonds is 7. The van der Waals surface area contributed by atoms with Gasteiger partial charge in [0.25, 0.3) is 0 Å². The minimum Gasteiger partial charge on any atom is -0.469 e. The third-order valence-corrected chi connectivity index (χ3v) is 2.91. The lowest BCUT2D eigenvalue weighted by atomic mass is 10.1. The predicted octanol–water partition coefficient (Wildman–Crippen LogP) is 1.82. The number of halogens is 1. The van der Waals surface area contributed by atoms with E-state index in [-0.39, 0.29) is 17.8 Å². The van der Waals surface area contributed by atoms with Crippen molar-refractivity contribution in [2.24, 2.45) is 5.92 Å². The van der Waals surface area contributed by atoms with Crippen LogP contribution in [0.2, 0.25) is 0 Å². The molecule has 0 radical (unpaired) electrons. The molecule has 4 nitrogen and oxygen atoms in total. The molecule has 0 aromatic carbocycles. The minimum absolute atomic E-state index is 0.0803. The van der Waals surface area contributed by atoms with Gasteiger partial charge in [-0.25, -0.2) is 0 Å². The van der Waals surface area contributed by atoms with Gasteiger partial charge in [0.15, 0.2) is 0 Å². The fourth-order valence-electron chi connectivity index (χ4n) is 1.35. The van der Waals surface area contributed by atoms with E-state index in [9.17, 15) is 9.59 Å². The first-order valence-corrected chi connectivity index (χ1v) is 6.52. The van der Waals surface area contributed by atoms with E-state index in [0.717, 1.165) is 18.2 Å². The Morgan fingerprint density at radius 2 is 2.00 bits per heavy atom. The van der Waals surface area contributed by atoms with Crippen molar-refractivity contribution in [3.63, 3.8) is 0 Å². The Morgan fingerprint density at radius 3 is 2.50 bits per heavy atom. The van der Waals surface area contributed by atoms with Crippen LogP contribution in [0.25, 0.3) is 0 Å². The van der Waals surface area contributed by atoms with Gasteiger partial charge in [0.2, 0.25) is 5.91 Å². The number of esters is 1. The molecule has 1 unspecified atom stereocenters. The molecule has 0 aliphatic carbocycles. The van der Waals surface area contributed by atoms with Crippen molar-refractivity contribution in [3.05, 3.63) is 0 Å². The topological polar surface area (TPSA) is 46.6 Å². The van der Waals surface area contributed by atoms with E-state index < -0.39 is 0 Å². The minimum atomic E-state index is -0.278. The van der Waals surface area contributed by atoms with Gasteiger partial charge in [0.05, 0.1) is 13.0 Å². The average Bonchev–Trinajstić information content (AvgIpc) is 2.27. The SMILES string of the molecule is COC(=O)C(C)CN(C)C(=O)CCCCBr. The number of carbonyl (C=O) groups excluding carboxylic acids is 2. The van der Waals surface area contributed by atoms with Crippen LogP contribution in [0.15, 0.2) is 0 Å². The maximum absolute atomic E-state index is 11.6. The summed E-state index contributed by atoms with van der Waals surface area (Å²) in [6.45, 7) is 2.17. The Labute approximate surface area is 105 Å². The molecule has 16 heavy (non-hydrogen) atoms. The quantitative estimate of drug-likeness (QED) is 0.409. The van der Waals surface area contributed by atoms with Crippen molar-refractivity contribution in [3.8, 4) is 0 Å². The second-order valence-corrected chi connectivity index (χ2v) is 4.64. The van der Waals surface area contributed by atoms with Gasteiger partial charge < -0.3 is 9.64 Å². The van der Waals surface area contributed by atoms with Crippen LogP contribution in [0.4, 0.5) is 0 Å². The van der Waals surface area contributed by atoms with E-state index in [0.29, 0.717) is 13.0 Å². The van der Waals surface area contributed by atoms with Crippen LogP contribution in [-0.2, 0) is 14.3 Å². The smallest absolute Gasteiger partial charge is 0.310 e. The third-order valence-electron chi connectivity index (χ3n) is 2.35. The maximum atomic E-state index is 11.6. The molecule has 0 bridgehead atoms. The fraction of sp³-hybridized carbons (Fsp3) is 0.818. The highest BCUT2D eigenvalue weighted by molar-refractivity contribution is 9.09. The molecule has 0 aromatic heterocycles. The second kappa shape index (κ2) is 8.56. The van der Waals surface area contributed by atoms with Crippen LogP contribution in [0, 0.1) is 5.92 Å². The van der Waals surface area contributed by atoms with Gasteiger partial charge >= 0.3 is 5.97 Å². The molecule has 0 heterocycles. The Bertz CT molecular complexity index is 233. The molecule has 0 spiro atoms. The van der Waals surface area contributed by atoms with Gasteiger partial charge in [0.1, 0.15) is 0 Å². The summed E-state index contributed by atoms with van der Waals surface area (Å²) in [5, 5.41) is 0.919. The van der Waals surface area contributed by atoms with E-state index in [1.165, 1.54) is 7.11 Å². The number of hydrogen-bond acceptors (Lipinski definition) is 3. The standard InChI is InChI=1S/C11H20BrNO3/c1-9(11(15)16-3)8-13(2)10(14)6-4-5-7-12/h9H,4-8H2,1-3H3. The number of carbonyl (C=O) groups is 2. The first-order chi connectivity index (χ1) is 7.52. The summed E-state index contributed by atoms with van der Waals surface area (Å²) >= 11 is 3.32. The molecule has 0 saturated heterocycles. The molecule has 1 atom stereocenters. The zero-order chi connectivity index (χ0) is 12.6. The molecule has 0 saturated carbocycles. The summed E-state index contributed by atoms with van der Waals surface area (Å²) in [4.78, 5) is 24.4. The van der Waals surface area contributed by atoms with E-state index in [1.54, 1.807) is 18.9 Å². The van der Waals surface area contributed by atoms with Crippen LogP contribution >= 0.6 is 15.9 Å². The van der Waals surface area contributed by atoms with Crippen molar-refractivity contribution in [1.29, 1.82) is 0 Å². The Hall–Kier alpha value is -0.580. The van der Waals surface area contributed by atoms with Crippen molar-refractivity contribution >= 4 is 27.8 Å². The highest BCUT2D eigenvalue weighted by Crippen LogP contribution is 2.05. The van der Waals surface area contributed by atoms with Crippen molar-refractivity contribution in [1.82, 2.24) is 4.90 Å². The van der Waals surface area contributed by atoms with Crippen LogP contribution in [-0.4, -0.2) is 42.8 Å². The molecular formula is C11H20BrNO3. The zero-order valence-corrected chi connectivity index (χ0v) is 11.7. The lowest BCUT2D eigenvalue weighted by Crippen LogP contribution is -2.34. The Morgan fingerprint density at radius 1 is 1.38 bits per heavy atom. The van der Waals surface area contributed by atoms with E-state index in [1.807, 2.05) is 0 Å². The number of methoxy groups -OCH3 is 1. The molecule has 0 rings (SSSR count). The summed E-state index contributed by atoms with van der Waals surface area (Å²) in [6, 6.07) is 0. The molecule has 0 aromatic rings. The van der Waals surface area contributed by atoms with E-state index in [2.05, 4.69) is 20.7 Å². The van der Waals surface area contributed by atoms with Crippen molar-refractivity contribution in [2.75, 3.05) is 26.0 Å². The van der Waals surface area contributed by atoms with Gasteiger partial charge in [-0.05, 0) is 12.8 Å². The fourth-order valence-corrected chi connectivity index (χ4v) is 1.75. The highest BCUT2D eigenvalue weighted by Gasteiger charge is 2.18. The number of amides is 1. The summed E-state index contributed by atoms with van der Waals surface area (Å²) in [5.74, 6) is -0.466. The number of alkyl halides is 1. The Balaban J connectivity index is 3.90. The molecule has 94 valence electrons. The highest BCUT2D eigenvalue weighted by atomic mass is 79.9. The van der Waals surface area contributed by atoms with Gasteiger partial charge in [-0.15, -0.1) is 0 Å². The van der Waals surface area contributed by atoms with Crippen molar-refractivity contribution < 1.29 is 14.3 Å². The lowest BCUT2D eigenvalue weighted by Gasteiger charge is -2.20. The van der Waals surface area contributed by atoms with Gasteiger partial charge in [-0.1, -0.05) is 22.9 Å². The molecule has 5 heteroatoms. The maximum Gasteiger partial charge on any atom is 0.310 e. The summed E-state index contributed by atoms with van der Waals surface area (Å²) in [5.41, 5.74) is 0. The summed E-state index contributed by atoms with van der Waals surface area (Å²) in [7, 11) is 3.08. The second-order valence-electron chi connectivity index (χ2n) is 3.84. The largest absolute Gasteiger partial charge is 0.469 e. The Kier molecular flexibility index (Phi) is 8.25. The van der Waals surface area contributed by atoms with E-state index in [4.69, 9.17) is 0 Å². The molecule has 0 aliphatic heterocycles. The van der Waals surface area contributed by atoms with Gasteiger partial charge in [-0.2, -0.15) is 0 Å². The predicted molar refractivity (Wildman–Crippen MR) is 66.5 cm³/mol. The molecule has 0 N–H and O–H groups in total. The monoisotopic (exact) mass is 293 g/mol. The summed E-state index contributed by atoms with van der Waals surface area (Å²) in [6.07, 6.45) is 2.41.